The third-order valence-electron chi connectivity index (χ3n) is 8.12. The van der Waals surface area contributed by atoms with Gasteiger partial charge in [0, 0.05) is 32.6 Å². The average molecular weight is 721 g/mol. The van der Waals surface area contributed by atoms with E-state index < -0.39 is 72.0 Å². The van der Waals surface area contributed by atoms with Gasteiger partial charge in [-0.15, -0.1) is 0 Å². The molecule has 0 aromatic carbocycles. The molecule has 7 unspecified atom stereocenters. The zero-order chi connectivity index (χ0) is 38.0. The number of aliphatic hydroxyl groups excluding tert-OH is 2. The molecule has 0 saturated carbocycles. The van der Waals surface area contributed by atoms with Crippen LogP contribution >= 0.6 is 0 Å². The minimum absolute atomic E-state index is 0.0430. The van der Waals surface area contributed by atoms with Crippen LogP contribution in [0.5, 0.6) is 0 Å². The Kier molecular flexibility index (Phi) is 18.5. The van der Waals surface area contributed by atoms with Crippen LogP contribution in [-0.2, 0) is 47.7 Å². The number of carbonyl (C=O) groups excluding carboxylic acids is 6. The second-order valence-electron chi connectivity index (χ2n) is 12.4. The van der Waals surface area contributed by atoms with Gasteiger partial charge in [0.15, 0.2) is 18.0 Å². The van der Waals surface area contributed by atoms with Gasteiger partial charge in [-0.3, -0.25) is 24.5 Å². The minimum atomic E-state index is -1.87. The Labute approximate surface area is 298 Å². The number of hydrogen-bond acceptors (Lipinski definition) is 13. The predicted molar refractivity (Wildman–Crippen MR) is 183 cm³/mol. The molecule has 2 heterocycles. The molecule has 2 aliphatic rings. The zero-order valence-electron chi connectivity index (χ0n) is 30.0. The van der Waals surface area contributed by atoms with Gasteiger partial charge in [-0.05, 0) is 45.6 Å². The van der Waals surface area contributed by atoms with Crippen molar-refractivity contribution in [3.63, 3.8) is 0 Å². The summed E-state index contributed by atoms with van der Waals surface area (Å²) in [5.41, 5.74) is -1.23. The summed E-state index contributed by atoms with van der Waals surface area (Å²) in [4.78, 5) is 74.4. The number of cyclic esters (lactones) is 1. The summed E-state index contributed by atoms with van der Waals surface area (Å²) in [6.45, 7) is 6.14. The number of alkyl carbamates (subject to hydrolysis) is 1. The Morgan fingerprint density at radius 2 is 1.84 bits per heavy atom. The van der Waals surface area contributed by atoms with Crippen molar-refractivity contribution in [2.24, 2.45) is 0 Å². The van der Waals surface area contributed by atoms with E-state index in [1.54, 1.807) is 6.92 Å². The highest BCUT2D eigenvalue weighted by Gasteiger charge is 2.53. The molecular weight excluding hydrogens is 668 g/mol. The monoisotopic (exact) mass is 720 g/mol. The standard InChI is InChI=1S/C36H52N2O13/c1-6-7-8-9-10-16-29(43)48-21-14-12-15-26(41)31(45)33-34(51-35(46)37-25(4)40)32-27(49-32)19-18-23(2)22-28(42)38-36(47-5,24(3)39)20-13-11-17-30(44)50-33/h11-13,15,17,20,22,26-27,31-34,41,45H,6-10,14,16,18-19,21H2,1-5H3,(H,38,42)(H,37,40,46)/b15-12?,17-11?,20-13+,23-22?. The number of esters is 2. The largest absolute Gasteiger partial charge is 0.465 e. The second-order valence-corrected chi connectivity index (χ2v) is 12.4. The first-order valence-electron chi connectivity index (χ1n) is 17.2. The lowest BCUT2D eigenvalue weighted by atomic mass is 9.97. The maximum Gasteiger partial charge on any atom is 0.414 e. The number of hydrogen-bond donors (Lipinski definition) is 4. The van der Waals surface area contributed by atoms with E-state index in [2.05, 4.69) is 12.2 Å². The molecule has 1 saturated heterocycles. The lowest BCUT2D eigenvalue weighted by molar-refractivity contribution is -0.166. The molecule has 2 aliphatic heterocycles. The van der Waals surface area contributed by atoms with Crippen LogP contribution in [0.2, 0.25) is 0 Å². The topological polar surface area (TPSA) is 216 Å². The number of epoxide rings is 1. The SMILES string of the molecule is CCCCCCCC(=O)OCCC=CC(O)C(O)C1OC(=O)C=C/C=C/C(OC)(C(C)=O)NC(=O)C=C(C)CCC2OC2C1OC(=O)NC(C)=O. The van der Waals surface area contributed by atoms with E-state index in [9.17, 15) is 39.0 Å². The van der Waals surface area contributed by atoms with Crippen LogP contribution in [-0.4, -0.2) is 102 Å². The lowest BCUT2D eigenvalue weighted by Crippen LogP contribution is -2.53. The van der Waals surface area contributed by atoms with Crippen molar-refractivity contribution >= 4 is 35.6 Å². The Bertz CT molecular complexity index is 1340. The molecule has 51 heavy (non-hydrogen) atoms. The molecule has 0 bridgehead atoms. The number of methoxy groups -OCH3 is 1. The number of unbranched alkanes of at least 4 members (excludes halogenated alkanes) is 4. The smallest absolute Gasteiger partial charge is 0.414 e. The third-order valence-corrected chi connectivity index (χ3v) is 8.12. The van der Waals surface area contributed by atoms with E-state index >= 15 is 0 Å². The lowest BCUT2D eigenvalue weighted by Gasteiger charge is -2.30. The molecule has 0 radical (unpaired) electrons. The van der Waals surface area contributed by atoms with Gasteiger partial charge in [0.1, 0.15) is 18.3 Å². The van der Waals surface area contributed by atoms with Crippen molar-refractivity contribution in [3.05, 3.63) is 48.1 Å². The molecular formula is C36H52N2O13. The number of Topliss-reactive ketones (excluding diaryl/α,β-unsaturated/α-hetero) is 1. The Balaban J connectivity index is 2.31. The number of imide groups is 1. The maximum atomic E-state index is 13.0. The molecule has 1 fully saturated rings. The number of nitrogens with one attached hydrogen (secondary N) is 2. The Hall–Kier alpha value is -4.18. The van der Waals surface area contributed by atoms with Gasteiger partial charge in [0.05, 0.1) is 12.7 Å². The van der Waals surface area contributed by atoms with Gasteiger partial charge in [0.2, 0.25) is 17.5 Å². The molecule has 15 nitrogen and oxygen atoms in total. The minimum Gasteiger partial charge on any atom is -0.465 e. The van der Waals surface area contributed by atoms with Crippen LogP contribution in [0.3, 0.4) is 0 Å². The molecule has 0 aliphatic carbocycles. The molecule has 284 valence electrons. The summed E-state index contributed by atoms with van der Waals surface area (Å²) in [5.74, 6) is -3.27. The van der Waals surface area contributed by atoms with Crippen molar-refractivity contribution in [3.8, 4) is 0 Å². The van der Waals surface area contributed by atoms with Crippen molar-refractivity contribution in [2.45, 2.75) is 128 Å². The number of carbonyl (C=O) groups is 6. The van der Waals surface area contributed by atoms with Crippen molar-refractivity contribution in [2.75, 3.05) is 13.7 Å². The molecule has 2 rings (SSSR count). The van der Waals surface area contributed by atoms with Crippen LogP contribution < -0.4 is 10.6 Å². The first-order valence-corrected chi connectivity index (χ1v) is 17.2. The van der Waals surface area contributed by atoms with Gasteiger partial charge in [-0.2, -0.15) is 0 Å². The van der Waals surface area contributed by atoms with Crippen LogP contribution in [0.25, 0.3) is 0 Å². The third kappa shape index (κ3) is 15.3. The van der Waals surface area contributed by atoms with Gasteiger partial charge in [-0.25, -0.2) is 9.59 Å². The fourth-order valence-electron chi connectivity index (χ4n) is 5.25. The summed E-state index contributed by atoms with van der Waals surface area (Å²) < 4.78 is 27.3. The number of fused-ring (bicyclic) bond motifs is 1. The molecule has 7 atom stereocenters. The average Bonchev–Trinajstić information content (AvgIpc) is 3.84. The molecule has 0 aromatic rings. The van der Waals surface area contributed by atoms with E-state index in [-0.39, 0.29) is 19.0 Å². The normalized spacial score (nSPS) is 26.0. The number of amides is 3. The maximum absolute atomic E-state index is 13.0. The highest BCUT2D eigenvalue weighted by molar-refractivity contribution is 5.96. The summed E-state index contributed by atoms with van der Waals surface area (Å²) in [6.07, 6.45) is 5.22. The number of ketones is 1. The molecule has 4 N–H and O–H groups in total. The predicted octanol–water partition coefficient (Wildman–Crippen LogP) is 2.78. The number of ether oxygens (including phenoxy) is 5. The zero-order valence-corrected chi connectivity index (χ0v) is 30.0. The van der Waals surface area contributed by atoms with Crippen molar-refractivity contribution in [1.82, 2.24) is 10.6 Å². The van der Waals surface area contributed by atoms with Crippen molar-refractivity contribution in [1.29, 1.82) is 0 Å². The quantitative estimate of drug-likeness (QED) is 0.0630. The van der Waals surface area contributed by atoms with Gasteiger partial charge in [0.25, 0.3) is 0 Å². The van der Waals surface area contributed by atoms with Crippen LogP contribution in [0, 0.1) is 0 Å². The van der Waals surface area contributed by atoms with Crippen LogP contribution in [0.4, 0.5) is 4.79 Å². The molecule has 0 spiro atoms. The van der Waals surface area contributed by atoms with Gasteiger partial charge >= 0.3 is 18.0 Å². The van der Waals surface area contributed by atoms with Crippen LogP contribution in [0.1, 0.15) is 85.5 Å². The van der Waals surface area contributed by atoms with Gasteiger partial charge in [-0.1, -0.05) is 62.5 Å². The van der Waals surface area contributed by atoms with Gasteiger partial charge < -0.3 is 39.2 Å². The van der Waals surface area contributed by atoms with E-state index in [4.69, 9.17) is 23.7 Å². The first kappa shape index (κ1) is 43.0. The number of allylic oxidation sites excluding steroid dienone is 3. The van der Waals surface area contributed by atoms with E-state index in [1.165, 1.54) is 50.5 Å². The van der Waals surface area contributed by atoms with Crippen molar-refractivity contribution < 1.29 is 62.7 Å². The van der Waals surface area contributed by atoms with Crippen LogP contribution in [0.15, 0.2) is 48.1 Å². The van der Waals surface area contributed by atoms with E-state index in [0.29, 0.717) is 24.8 Å². The number of rotatable bonds is 15. The summed E-state index contributed by atoms with van der Waals surface area (Å²) in [5, 5.41) is 26.7. The summed E-state index contributed by atoms with van der Waals surface area (Å²) in [7, 11) is 1.23. The molecule has 3 amide bonds. The van der Waals surface area contributed by atoms with E-state index in [0.717, 1.165) is 45.1 Å². The number of aliphatic hydroxyl groups is 2. The summed E-state index contributed by atoms with van der Waals surface area (Å²) >= 11 is 0. The highest BCUT2D eigenvalue weighted by Crippen LogP contribution is 2.35. The molecule has 15 heteroatoms. The fourth-order valence-corrected chi connectivity index (χ4v) is 5.25. The van der Waals surface area contributed by atoms with E-state index in [1.807, 2.05) is 5.32 Å². The Morgan fingerprint density at radius 1 is 1.12 bits per heavy atom. The highest BCUT2D eigenvalue weighted by atomic mass is 16.7. The first-order chi connectivity index (χ1) is 24.2. The summed E-state index contributed by atoms with van der Waals surface area (Å²) in [6, 6.07) is 0. The second kappa shape index (κ2) is 21.9. The molecule has 0 aromatic heterocycles. The Morgan fingerprint density at radius 3 is 2.51 bits per heavy atom. The fraction of sp³-hybridized carbons (Fsp3) is 0.611.